The Bertz CT molecular complexity index is 296. The van der Waals surface area contributed by atoms with Crippen LogP contribution in [0.15, 0.2) is 29.2 Å². The number of rotatable bonds is 2. The summed E-state index contributed by atoms with van der Waals surface area (Å²) in [6.45, 7) is 0. The van der Waals surface area contributed by atoms with E-state index in [1.807, 2.05) is 0 Å². The first kappa shape index (κ1) is 11.2. The van der Waals surface area contributed by atoms with Gasteiger partial charge in [0.25, 0.3) is 0 Å². The van der Waals surface area contributed by atoms with Gasteiger partial charge < -0.3 is 9.29 Å². The molecular formula is C8H7F3O2S. The van der Waals surface area contributed by atoms with Crippen molar-refractivity contribution in [3.8, 4) is 5.75 Å². The molecule has 1 atom stereocenters. The molecule has 0 N–H and O–H groups in total. The lowest BCUT2D eigenvalue weighted by atomic mass is 10.3. The number of methoxy groups -OCH3 is 1. The molecular weight excluding hydrogens is 217 g/mol. The van der Waals surface area contributed by atoms with Crippen molar-refractivity contribution >= 4 is 11.2 Å². The standard InChI is InChI=1S/C8H7F3O2S/c1-13-6-2-4-7(5-3-6)14(12)8(9,10)11/h2-5H,1H3. The molecule has 1 aromatic rings. The minimum Gasteiger partial charge on any atom is -0.604 e. The topological polar surface area (TPSA) is 32.3 Å². The molecule has 6 heteroatoms. The Morgan fingerprint density at radius 3 is 2.07 bits per heavy atom. The van der Waals surface area contributed by atoms with Crippen LogP contribution < -0.4 is 4.74 Å². The predicted molar refractivity (Wildman–Crippen MR) is 45.5 cm³/mol. The summed E-state index contributed by atoms with van der Waals surface area (Å²) in [6, 6.07) is 4.92. The van der Waals surface area contributed by atoms with Crippen molar-refractivity contribution in [2.75, 3.05) is 7.11 Å². The number of hydrogen-bond donors (Lipinski definition) is 0. The van der Waals surface area contributed by atoms with Gasteiger partial charge >= 0.3 is 5.51 Å². The van der Waals surface area contributed by atoms with Crippen LogP contribution in [0.1, 0.15) is 0 Å². The van der Waals surface area contributed by atoms with Crippen LogP contribution in [-0.4, -0.2) is 17.2 Å². The third-order valence-corrected chi connectivity index (χ3v) is 2.60. The first-order valence-electron chi connectivity index (χ1n) is 3.58. The van der Waals surface area contributed by atoms with Crippen molar-refractivity contribution < 1.29 is 22.5 Å². The lowest BCUT2D eigenvalue weighted by Gasteiger charge is -2.11. The molecule has 14 heavy (non-hydrogen) atoms. The fourth-order valence-corrected chi connectivity index (χ4v) is 1.48. The van der Waals surface area contributed by atoms with Crippen molar-refractivity contribution in [3.05, 3.63) is 24.3 Å². The monoisotopic (exact) mass is 224 g/mol. The van der Waals surface area contributed by atoms with Crippen molar-refractivity contribution in [1.29, 1.82) is 0 Å². The van der Waals surface area contributed by atoms with E-state index in [-0.39, 0.29) is 4.90 Å². The van der Waals surface area contributed by atoms with Crippen molar-refractivity contribution in [2.45, 2.75) is 10.4 Å². The van der Waals surface area contributed by atoms with Crippen LogP contribution >= 0.6 is 0 Å². The van der Waals surface area contributed by atoms with Crippen LogP contribution in [-0.2, 0) is 11.2 Å². The molecule has 0 aromatic heterocycles. The SMILES string of the molecule is COc1ccc([S+]([O-])C(F)(F)F)cc1. The van der Waals surface area contributed by atoms with E-state index < -0.39 is 16.7 Å². The maximum absolute atomic E-state index is 12.0. The van der Waals surface area contributed by atoms with Gasteiger partial charge in [0.15, 0.2) is 4.90 Å². The third kappa shape index (κ3) is 2.55. The van der Waals surface area contributed by atoms with Gasteiger partial charge in [-0.3, -0.25) is 0 Å². The number of halogens is 3. The van der Waals surface area contributed by atoms with E-state index in [0.717, 1.165) is 12.1 Å². The van der Waals surface area contributed by atoms with Crippen LogP contribution in [0.3, 0.4) is 0 Å². The van der Waals surface area contributed by atoms with Gasteiger partial charge in [0.2, 0.25) is 0 Å². The molecule has 2 nitrogen and oxygen atoms in total. The van der Waals surface area contributed by atoms with Crippen molar-refractivity contribution in [3.63, 3.8) is 0 Å². The molecule has 1 rings (SSSR count). The van der Waals surface area contributed by atoms with E-state index in [9.17, 15) is 17.7 Å². The normalized spacial score (nSPS) is 13.8. The zero-order valence-electron chi connectivity index (χ0n) is 7.17. The second-order valence-corrected chi connectivity index (χ2v) is 3.86. The first-order valence-corrected chi connectivity index (χ1v) is 4.73. The molecule has 0 fully saturated rings. The van der Waals surface area contributed by atoms with Gasteiger partial charge in [-0.15, -0.1) is 13.2 Å². The first-order chi connectivity index (χ1) is 6.45. The highest BCUT2D eigenvalue weighted by Crippen LogP contribution is 2.30. The van der Waals surface area contributed by atoms with Crippen molar-refractivity contribution in [1.82, 2.24) is 0 Å². The summed E-state index contributed by atoms with van der Waals surface area (Å²) < 4.78 is 51.5. The average Bonchev–Trinajstić information content (AvgIpc) is 2.15. The summed E-state index contributed by atoms with van der Waals surface area (Å²) in [7, 11) is 1.40. The molecule has 0 radical (unpaired) electrons. The van der Waals surface area contributed by atoms with Gasteiger partial charge in [0.05, 0.1) is 18.3 Å². The zero-order valence-corrected chi connectivity index (χ0v) is 7.98. The molecule has 0 aliphatic rings. The lowest BCUT2D eigenvalue weighted by Crippen LogP contribution is -2.23. The molecule has 0 saturated heterocycles. The van der Waals surface area contributed by atoms with E-state index in [1.165, 1.54) is 19.2 Å². The highest BCUT2D eigenvalue weighted by Gasteiger charge is 2.45. The number of alkyl halides is 3. The molecule has 0 amide bonds. The molecule has 0 saturated carbocycles. The van der Waals surface area contributed by atoms with Gasteiger partial charge in [-0.25, -0.2) is 0 Å². The van der Waals surface area contributed by atoms with Crippen LogP contribution in [0.25, 0.3) is 0 Å². The summed E-state index contributed by atoms with van der Waals surface area (Å²) >= 11 is -2.97. The second kappa shape index (κ2) is 4.10. The lowest BCUT2D eigenvalue weighted by molar-refractivity contribution is -0.0435. The highest BCUT2D eigenvalue weighted by molar-refractivity contribution is 7.92. The molecule has 1 unspecified atom stereocenters. The summed E-state index contributed by atoms with van der Waals surface area (Å²) in [6.07, 6.45) is 0. The third-order valence-electron chi connectivity index (χ3n) is 1.48. The van der Waals surface area contributed by atoms with Gasteiger partial charge in [-0.05, 0) is 24.3 Å². The Balaban J connectivity index is 2.87. The molecule has 0 aliphatic carbocycles. The average molecular weight is 224 g/mol. The second-order valence-electron chi connectivity index (χ2n) is 2.39. The van der Waals surface area contributed by atoms with E-state index in [2.05, 4.69) is 0 Å². The Morgan fingerprint density at radius 1 is 1.21 bits per heavy atom. The van der Waals surface area contributed by atoms with Gasteiger partial charge in [-0.1, -0.05) is 0 Å². The largest absolute Gasteiger partial charge is 0.604 e. The van der Waals surface area contributed by atoms with Gasteiger partial charge in [0.1, 0.15) is 5.75 Å². The molecule has 0 bridgehead atoms. The van der Waals surface area contributed by atoms with Crippen LogP contribution in [0, 0.1) is 0 Å². The van der Waals surface area contributed by atoms with Crippen molar-refractivity contribution in [2.24, 2.45) is 0 Å². The van der Waals surface area contributed by atoms with Gasteiger partial charge in [-0.2, -0.15) is 0 Å². The number of ether oxygens (including phenoxy) is 1. The molecule has 0 heterocycles. The van der Waals surface area contributed by atoms with Crippen LogP contribution in [0.2, 0.25) is 0 Å². The zero-order chi connectivity index (χ0) is 10.8. The summed E-state index contributed by atoms with van der Waals surface area (Å²) in [5, 5.41) is 0. The number of hydrogen-bond acceptors (Lipinski definition) is 2. The maximum Gasteiger partial charge on any atom is 0.578 e. The number of benzene rings is 1. The Morgan fingerprint density at radius 2 is 1.71 bits per heavy atom. The summed E-state index contributed by atoms with van der Waals surface area (Å²) in [4.78, 5) is -0.279. The molecule has 1 aromatic carbocycles. The molecule has 0 spiro atoms. The minimum absolute atomic E-state index is 0.279. The van der Waals surface area contributed by atoms with E-state index in [0.29, 0.717) is 5.75 Å². The quantitative estimate of drug-likeness (QED) is 0.722. The maximum atomic E-state index is 12.0. The van der Waals surface area contributed by atoms with Gasteiger partial charge in [0, 0.05) is 0 Å². The summed E-state index contributed by atoms with van der Waals surface area (Å²) in [5.41, 5.74) is -4.71. The smallest absolute Gasteiger partial charge is 0.578 e. The molecule has 0 aliphatic heterocycles. The Kier molecular flexibility index (Phi) is 3.28. The van der Waals surface area contributed by atoms with Crippen LogP contribution in [0.4, 0.5) is 13.2 Å². The Labute approximate surface area is 81.9 Å². The summed E-state index contributed by atoms with van der Waals surface area (Å²) in [5.74, 6) is 0.424. The Hall–Kier alpha value is -0.880. The fraction of sp³-hybridized carbons (Fsp3) is 0.250. The van der Waals surface area contributed by atoms with E-state index in [1.54, 1.807) is 0 Å². The van der Waals surface area contributed by atoms with E-state index in [4.69, 9.17) is 4.74 Å². The fourth-order valence-electron chi connectivity index (χ4n) is 0.833. The predicted octanol–water partition coefficient (Wildman–Crippen LogP) is 2.32. The van der Waals surface area contributed by atoms with Crippen LogP contribution in [0.5, 0.6) is 5.75 Å². The highest BCUT2D eigenvalue weighted by atomic mass is 32.2. The minimum atomic E-state index is -4.71. The van der Waals surface area contributed by atoms with E-state index >= 15 is 0 Å². The molecule has 78 valence electrons.